The lowest BCUT2D eigenvalue weighted by Gasteiger charge is -2.26. The third-order valence-electron chi connectivity index (χ3n) is 5.10. The summed E-state index contributed by atoms with van der Waals surface area (Å²) >= 11 is 0. The molecule has 2 amide bonds. The number of aromatic nitrogens is 2. The maximum Gasteiger partial charge on any atom is 0.243 e. The molecule has 28 heavy (non-hydrogen) atoms. The lowest BCUT2D eigenvalue weighted by molar-refractivity contribution is -0.139. The number of halogens is 1. The first-order valence-corrected chi connectivity index (χ1v) is 9.76. The second-order valence-electron chi connectivity index (χ2n) is 7.78. The molecule has 2 heterocycles. The summed E-state index contributed by atoms with van der Waals surface area (Å²) in [7, 11) is 0. The fourth-order valence-corrected chi connectivity index (χ4v) is 3.65. The van der Waals surface area contributed by atoms with Crippen LogP contribution in [-0.2, 0) is 9.59 Å². The van der Waals surface area contributed by atoms with E-state index in [9.17, 15) is 14.0 Å². The zero-order chi connectivity index (χ0) is 20.3. The standard InChI is InChI=1S/C21H27FN4O2/c1-13(2)11-20(27)26-10-4-5-19(26)21(28)24-14(3)16-7-6-15(12-17(16)22)18-8-9-23-25-18/h6-9,12-14,19H,4-5,10-11H2,1-3H3,(H,23,25)(H,24,28). The Balaban J connectivity index is 1.67. The highest BCUT2D eigenvalue weighted by molar-refractivity contribution is 5.88. The van der Waals surface area contributed by atoms with Crippen molar-refractivity contribution in [1.82, 2.24) is 20.4 Å². The molecular weight excluding hydrogens is 359 g/mol. The third kappa shape index (κ3) is 4.40. The van der Waals surface area contributed by atoms with Crippen LogP contribution < -0.4 is 5.32 Å². The average molecular weight is 386 g/mol. The van der Waals surface area contributed by atoms with Crippen LogP contribution in [0.1, 0.15) is 51.6 Å². The molecule has 1 fully saturated rings. The van der Waals surface area contributed by atoms with Gasteiger partial charge >= 0.3 is 0 Å². The number of rotatable bonds is 6. The fourth-order valence-electron chi connectivity index (χ4n) is 3.65. The largest absolute Gasteiger partial charge is 0.348 e. The minimum absolute atomic E-state index is 0.00962. The average Bonchev–Trinajstić information content (AvgIpc) is 3.32. The highest BCUT2D eigenvalue weighted by Crippen LogP contribution is 2.25. The number of H-pyrrole nitrogens is 1. The number of likely N-dealkylation sites (tertiary alicyclic amines) is 1. The first-order chi connectivity index (χ1) is 13.4. The second-order valence-corrected chi connectivity index (χ2v) is 7.78. The van der Waals surface area contributed by atoms with E-state index in [1.165, 1.54) is 6.07 Å². The van der Waals surface area contributed by atoms with E-state index in [1.807, 2.05) is 13.8 Å². The summed E-state index contributed by atoms with van der Waals surface area (Å²) in [5.74, 6) is -0.355. The molecule has 2 atom stereocenters. The zero-order valence-corrected chi connectivity index (χ0v) is 16.5. The van der Waals surface area contributed by atoms with Gasteiger partial charge in [-0.3, -0.25) is 14.7 Å². The molecule has 2 aromatic rings. The number of aromatic amines is 1. The minimum atomic E-state index is -0.494. The number of carbonyl (C=O) groups is 2. The van der Waals surface area contributed by atoms with E-state index in [-0.39, 0.29) is 23.5 Å². The molecule has 2 unspecified atom stereocenters. The Morgan fingerprint density at radius 1 is 1.32 bits per heavy atom. The molecule has 1 aromatic carbocycles. The predicted octanol–water partition coefficient (Wildman–Crippen LogP) is 3.43. The lowest BCUT2D eigenvalue weighted by Crippen LogP contribution is -2.46. The van der Waals surface area contributed by atoms with Crippen molar-refractivity contribution < 1.29 is 14.0 Å². The van der Waals surface area contributed by atoms with Crippen molar-refractivity contribution in [2.45, 2.75) is 52.1 Å². The van der Waals surface area contributed by atoms with E-state index in [1.54, 1.807) is 36.2 Å². The highest BCUT2D eigenvalue weighted by Gasteiger charge is 2.34. The number of nitrogens with zero attached hydrogens (tertiary/aromatic N) is 2. The number of carbonyl (C=O) groups excluding carboxylic acids is 2. The highest BCUT2D eigenvalue weighted by atomic mass is 19.1. The molecule has 0 radical (unpaired) electrons. The molecular formula is C21H27FN4O2. The Kier molecular flexibility index (Phi) is 6.11. The molecule has 0 aliphatic carbocycles. The summed E-state index contributed by atoms with van der Waals surface area (Å²) in [6.45, 7) is 6.33. The number of amides is 2. The quantitative estimate of drug-likeness (QED) is 0.798. The van der Waals surface area contributed by atoms with E-state index in [0.717, 1.165) is 12.1 Å². The van der Waals surface area contributed by atoms with Gasteiger partial charge in [-0.2, -0.15) is 5.10 Å². The molecule has 0 spiro atoms. The van der Waals surface area contributed by atoms with Crippen LogP contribution in [0.25, 0.3) is 11.3 Å². The van der Waals surface area contributed by atoms with Crippen LogP contribution in [0.15, 0.2) is 30.5 Å². The molecule has 1 saturated heterocycles. The van der Waals surface area contributed by atoms with Gasteiger partial charge < -0.3 is 10.2 Å². The van der Waals surface area contributed by atoms with E-state index in [2.05, 4.69) is 15.5 Å². The van der Waals surface area contributed by atoms with Crippen molar-refractivity contribution in [2.24, 2.45) is 5.92 Å². The number of hydrogen-bond donors (Lipinski definition) is 2. The van der Waals surface area contributed by atoms with E-state index in [4.69, 9.17) is 0 Å². The Morgan fingerprint density at radius 2 is 2.11 bits per heavy atom. The maximum absolute atomic E-state index is 14.6. The molecule has 1 aromatic heterocycles. The monoisotopic (exact) mass is 386 g/mol. The van der Waals surface area contributed by atoms with Crippen molar-refractivity contribution in [2.75, 3.05) is 6.54 Å². The summed E-state index contributed by atoms with van der Waals surface area (Å²) in [6, 6.07) is 5.70. The fraction of sp³-hybridized carbons (Fsp3) is 0.476. The maximum atomic E-state index is 14.6. The Bertz CT molecular complexity index is 835. The van der Waals surface area contributed by atoms with Crippen molar-refractivity contribution >= 4 is 11.8 Å². The zero-order valence-electron chi connectivity index (χ0n) is 16.5. The Morgan fingerprint density at radius 3 is 2.75 bits per heavy atom. The second kappa shape index (κ2) is 8.54. The van der Waals surface area contributed by atoms with Crippen LogP contribution in [0.2, 0.25) is 0 Å². The molecule has 3 rings (SSSR count). The topological polar surface area (TPSA) is 78.1 Å². The van der Waals surface area contributed by atoms with Crippen molar-refractivity contribution in [3.05, 3.63) is 41.8 Å². The Hall–Kier alpha value is -2.70. The predicted molar refractivity (Wildman–Crippen MR) is 105 cm³/mol. The first kappa shape index (κ1) is 20.0. The van der Waals surface area contributed by atoms with Gasteiger partial charge in [0.05, 0.1) is 11.7 Å². The molecule has 6 nitrogen and oxygen atoms in total. The van der Waals surface area contributed by atoms with Gasteiger partial charge in [-0.1, -0.05) is 26.0 Å². The molecule has 0 saturated carbocycles. The van der Waals surface area contributed by atoms with E-state index in [0.29, 0.717) is 30.5 Å². The smallest absolute Gasteiger partial charge is 0.243 e. The SMILES string of the molecule is CC(C)CC(=O)N1CCCC1C(=O)NC(C)c1ccc(-c2ccn[nH]2)cc1F. The van der Waals surface area contributed by atoms with Gasteiger partial charge in [0.2, 0.25) is 11.8 Å². The first-order valence-electron chi connectivity index (χ1n) is 9.76. The van der Waals surface area contributed by atoms with Crippen LogP contribution in [0.3, 0.4) is 0 Å². The molecule has 2 N–H and O–H groups in total. The van der Waals surface area contributed by atoms with Crippen LogP contribution in [0.4, 0.5) is 4.39 Å². The van der Waals surface area contributed by atoms with Crippen LogP contribution in [0.5, 0.6) is 0 Å². The van der Waals surface area contributed by atoms with E-state index >= 15 is 0 Å². The number of nitrogens with one attached hydrogen (secondary N) is 2. The van der Waals surface area contributed by atoms with Gasteiger partial charge in [0, 0.05) is 30.3 Å². The van der Waals surface area contributed by atoms with Gasteiger partial charge in [0.1, 0.15) is 11.9 Å². The van der Waals surface area contributed by atoms with Crippen LogP contribution >= 0.6 is 0 Å². The van der Waals surface area contributed by atoms with Crippen LogP contribution in [0, 0.1) is 11.7 Å². The summed E-state index contributed by atoms with van der Waals surface area (Å²) in [6.07, 6.45) is 3.49. The van der Waals surface area contributed by atoms with Gasteiger partial charge in [0.25, 0.3) is 0 Å². The summed E-state index contributed by atoms with van der Waals surface area (Å²) in [5, 5.41) is 9.55. The normalized spacial score (nSPS) is 17.8. The number of hydrogen-bond acceptors (Lipinski definition) is 3. The Labute approximate surface area is 164 Å². The third-order valence-corrected chi connectivity index (χ3v) is 5.10. The van der Waals surface area contributed by atoms with Gasteiger partial charge in [-0.15, -0.1) is 0 Å². The number of benzene rings is 1. The van der Waals surface area contributed by atoms with Crippen LogP contribution in [-0.4, -0.2) is 39.5 Å². The minimum Gasteiger partial charge on any atom is -0.348 e. The summed E-state index contributed by atoms with van der Waals surface area (Å²) in [5.41, 5.74) is 1.83. The van der Waals surface area contributed by atoms with Gasteiger partial charge in [-0.05, 0) is 37.8 Å². The molecule has 1 aliphatic rings. The molecule has 7 heteroatoms. The van der Waals surface area contributed by atoms with Crippen molar-refractivity contribution in [3.63, 3.8) is 0 Å². The van der Waals surface area contributed by atoms with E-state index < -0.39 is 12.1 Å². The summed E-state index contributed by atoms with van der Waals surface area (Å²) in [4.78, 5) is 26.8. The molecule has 150 valence electrons. The van der Waals surface area contributed by atoms with Crippen molar-refractivity contribution in [3.8, 4) is 11.3 Å². The van der Waals surface area contributed by atoms with Crippen molar-refractivity contribution in [1.29, 1.82) is 0 Å². The van der Waals surface area contributed by atoms with Gasteiger partial charge in [0.15, 0.2) is 0 Å². The molecule has 1 aliphatic heterocycles. The summed E-state index contributed by atoms with van der Waals surface area (Å²) < 4.78 is 14.6. The molecule has 0 bridgehead atoms. The lowest BCUT2D eigenvalue weighted by atomic mass is 10.0. The van der Waals surface area contributed by atoms with Gasteiger partial charge in [-0.25, -0.2) is 4.39 Å².